The predicted molar refractivity (Wildman–Crippen MR) is 78.5 cm³/mol. The van der Waals surface area contributed by atoms with Crippen molar-refractivity contribution in [2.24, 2.45) is 5.73 Å². The zero-order chi connectivity index (χ0) is 15.4. The van der Waals surface area contributed by atoms with Gasteiger partial charge in [-0.25, -0.2) is 4.79 Å². The topological polar surface area (TPSA) is 89.6 Å². The van der Waals surface area contributed by atoms with E-state index in [0.717, 1.165) is 11.6 Å². The summed E-state index contributed by atoms with van der Waals surface area (Å²) >= 11 is 0. The number of hydrogen-bond donors (Lipinski definition) is 2. The Morgan fingerprint density at radius 3 is 1.85 bits per heavy atom. The van der Waals surface area contributed by atoms with Crippen molar-refractivity contribution in [1.29, 1.82) is 0 Å². The molecule has 6 heteroatoms. The Balaban J connectivity index is 0.000000291. The number of ether oxygens (including phenoxy) is 1. The van der Waals surface area contributed by atoms with Gasteiger partial charge in [-0.05, 0) is 5.92 Å². The molecule has 0 aromatic rings. The SMILES string of the molecule is C#CC(N)=O.COCC(=O)O.[B]1C2CCCC1CCC2. The molecule has 2 bridgehead atoms. The summed E-state index contributed by atoms with van der Waals surface area (Å²) in [4.78, 5) is 18.8. The van der Waals surface area contributed by atoms with Gasteiger partial charge in [-0.15, -0.1) is 6.42 Å². The van der Waals surface area contributed by atoms with Gasteiger partial charge in [0.1, 0.15) is 13.9 Å². The Hall–Kier alpha value is -1.48. The number of primary amides is 1. The summed E-state index contributed by atoms with van der Waals surface area (Å²) in [5, 5.41) is 7.79. The Kier molecular flexibility index (Phi) is 10.5. The van der Waals surface area contributed by atoms with Crippen LogP contribution in [0.15, 0.2) is 0 Å². The third kappa shape index (κ3) is 10.4. The summed E-state index contributed by atoms with van der Waals surface area (Å²) in [6.07, 6.45) is 13.4. The standard InChI is InChI=1S/C8H14B.C3H3NO.C3H6O3/c1-3-7-5-2-6-8(4-1)9-7;1-2-3(4)5;1-6-2-3(4)5/h7-8H,1-6H2;1H,(H2,4,5);2H2,1H3,(H,4,5). The number of carboxylic acids is 1. The van der Waals surface area contributed by atoms with Crippen LogP contribution in [0.1, 0.15) is 38.5 Å². The first-order valence-electron chi connectivity index (χ1n) is 6.81. The predicted octanol–water partition coefficient (Wildman–Crippen LogP) is 1.46. The van der Waals surface area contributed by atoms with Crippen LogP contribution in [0.5, 0.6) is 0 Å². The fourth-order valence-corrected chi connectivity index (χ4v) is 2.47. The summed E-state index contributed by atoms with van der Waals surface area (Å²) in [6, 6.07) is 0. The minimum Gasteiger partial charge on any atom is -0.480 e. The monoisotopic (exact) mass is 280 g/mol. The van der Waals surface area contributed by atoms with Gasteiger partial charge in [-0.2, -0.15) is 0 Å². The summed E-state index contributed by atoms with van der Waals surface area (Å²) in [5.74, 6) is 2.07. The third-order valence-electron chi connectivity index (χ3n) is 3.25. The molecule has 2 heterocycles. The second kappa shape index (κ2) is 11.4. The molecule has 0 aromatic heterocycles. The van der Waals surface area contributed by atoms with Crippen LogP contribution >= 0.6 is 0 Å². The molecule has 20 heavy (non-hydrogen) atoms. The molecule has 2 aliphatic rings. The Labute approximate surface area is 121 Å². The second-order valence-corrected chi connectivity index (χ2v) is 4.91. The first-order chi connectivity index (χ1) is 9.49. The Morgan fingerprint density at radius 2 is 1.70 bits per heavy atom. The van der Waals surface area contributed by atoms with Crippen molar-refractivity contribution in [1.82, 2.24) is 0 Å². The number of methoxy groups -OCH3 is 1. The second-order valence-electron chi connectivity index (χ2n) is 4.91. The molecule has 0 aliphatic carbocycles. The smallest absolute Gasteiger partial charge is 0.329 e. The number of hydrogen-bond acceptors (Lipinski definition) is 3. The van der Waals surface area contributed by atoms with Crippen molar-refractivity contribution in [2.75, 3.05) is 13.7 Å². The van der Waals surface area contributed by atoms with Crippen LogP contribution in [0, 0.1) is 12.3 Å². The number of carbonyl (C=O) groups is 2. The van der Waals surface area contributed by atoms with Crippen molar-refractivity contribution in [2.45, 2.75) is 50.2 Å². The third-order valence-corrected chi connectivity index (χ3v) is 3.25. The molecule has 0 saturated carbocycles. The van der Waals surface area contributed by atoms with Gasteiger partial charge in [0, 0.05) is 7.11 Å². The lowest BCUT2D eigenvalue weighted by molar-refractivity contribution is -0.141. The summed E-state index contributed by atoms with van der Waals surface area (Å²) in [5.41, 5.74) is 4.42. The van der Waals surface area contributed by atoms with Crippen LogP contribution in [-0.4, -0.2) is 38.0 Å². The van der Waals surface area contributed by atoms with Gasteiger partial charge in [0.25, 0.3) is 5.91 Å². The van der Waals surface area contributed by atoms with E-state index in [1.54, 1.807) is 5.92 Å². The van der Waals surface area contributed by atoms with E-state index in [9.17, 15) is 9.59 Å². The molecule has 2 rings (SSSR count). The quantitative estimate of drug-likeness (QED) is 0.592. The van der Waals surface area contributed by atoms with Crippen LogP contribution in [0.25, 0.3) is 0 Å². The summed E-state index contributed by atoms with van der Waals surface area (Å²) in [6.45, 7) is -0.208. The lowest BCUT2D eigenvalue weighted by Crippen LogP contribution is -2.21. The Morgan fingerprint density at radius 1 is 1.30 bits per heavy atom. The number of nitrogens with two attached hydrogens (primary N) is 1. The van der Waals surface area contributed by atoms with Crippen LogP contribution in [0.3, 0.4) is 0 Å². The van der Waals surface area contributed by atoms with E-state index in [4.69, 9.17) is 5.11 Å². The fraction of sp³-hybridized carbons (Fsp3) is 0.714. The van der Waals surface area contributed by atoms with E-state index in [-0.39, 0.29) is 6.61 Å². The number of carbonyl (C=O) groups excluding carboxylic acids is 1. The highest BCUT2D eigenvalue weighted by Gasteiger charge is 2.26. The van der Waals surface area contributed by atoms with Crippen LogP contribution in [0.2, 0.25) is 11.6 Å². The Bertz CT molecular complexity index is 321. The van der Waals surface area contributed by atoms with Crippen LogP contribution < -0.4 is 5.73 Å². The number of fused-ring (bicyclic) bond motifs is 2. The fourth-order valence-electron chi connectivity index (χ4n) is 2.47. The number of terminal acetylenes is 1. The van der Waals surface area contributed by atoms with Crippen LogP contribution in [-0.2, 0) is 14.3 Å². The molecule has 0 spiro atoms. The van der Waals surface area contributed by atoms with Gasteiger partial charge in [-0.1, -0.05) is 50.2 Å². The molecule has 0 unspecified atom stereocenters. The number of carboxylic acid groups (broad SMARTS) is 1. The normalized spacial score (nSPS) is 22.6. The van der Waals surface area contributed by atoms with Gasteiger partial charge >= 0.3 is 5.97 Å². The number of rotatable bonds is 2. The molecule has 1 amide bonds. The van der Waals surface area contributed by atoms with Crippen molar-refractivity contribution >= 4 is 19.2 Å². The van der Waals surface area contributed by atoms with E-state index in [1.165, 1.54) is 45.6 Å². The van der Waals surface area contributed by atoms with Gasteiger partial charge < -0.3 is 15.6 Å². The first-order valence-corrected chi connectivity index (χ1v) is 6.81. The molecule has 0 aromatic carbocycles. The average molecular weight is 280 g/mol. The molecule has 2 saturated heterocycles. The average Bonchev–Trinajstić information content (AvgIpc) is 2.40. The minimum absolute atomic E-state index is 0.208. The number of amides is 1. The molecule has 3 N–H and O–H groups in total. The van der Waals surface area contributed by atoms with Gasteiger partial charge in [0.2, 0.25) is 0 Å². The van der Waals surface area contributed by atoms with Crippen LogP contribution in [0.4, 0.5) is 0 Å². The van der Waals surface area contributed by atoms with Crippen molar-refractivity contribution in [3.8, 4) is 12.3 Å². The maximum atomic E-state index is 9.47. The number of aliphatic carboxylic acids is 1. The maximum absolute atomic E-state index is 9.47. The summed E-state index contributed by atoms with van der Waals surface area (Å²) < 4.78 is 4.20. The molecule has 111 valence electrons. The lowest BCUT2D eigenvalue weighted by atomic mass is 9.44. The van der Waals surface area contributed by atoms with E-state index in [2.05, 4.69) is 24.2 Å². The van der Waals surface area contributed by atoms with E-state index in [1.807, 2.05) is 0 Å². The van der Waals surface area contributed by atoms with Crippen molar-refractivity contribution < 1.29 is 19.4 Å². The largest absolute Gasteiger partial charge is 0.480 e. The summed E-state index contributed by atoms with van der Waals surface area (Å²) in [7, 11) is 3.96. The maximum Gasteiger partial charge on any atom is 0.329 e. The minimum atomic E-state index is -0.933. The molecular weight excluding hydrogens is 257 g/mol. The van der Waals surface area contributed by atoms with Gasteiger partial charge in [0.15, 0.2) is 0 Å². The van der Waals surface area contributed by atoms with Gasteiger partial charge in [-0.3, -0.25) is 4.79 Å². The van der Waals surface area contributed by atoms with Crippen molar-refractivity contribution in [3.63, 3.8) is 0 Å². The molecule has 2 fully saturated rings. The van der Waals surface area contributed by atoms with Gasteiger partial charge in [0.05, 0.1) is 0 Å². The molecule has 0 atom stereocenters. The highest BCUT2D eigenvalue weighted by molar-refractivity contribution is 6.40. The highest BCUT2D eigenvalue weighted by Crippen LogP contribution is 2.40. The molecule has 2 aliphatic heterocycles. The first kappa shape index (κ1) is 18.5. The molecular formula is C14H23BNO4. The zero-order valence-corrected chi connectivity index (χ0v) is 12.0. The zero-order valence-electron chi connectivity index (χ0n) is 12.0. The van der Waals surface area contributed by atoms with E-state index < -0.39 is 11.9 Å². The van der Waals surface area contributed by atoms with Crippen molar-refractivity contribution in [3.05, 3.63) is 0 Å². The molecule has 5 nitrogen and oxygen atoms in total. The van der Waals surface area contributed by atoms with E-state index >= 15 is 0 Å². The highest BCUT2D eigenvalue weighted by atomic mass is 16.5. The lowest BCUT2D eigenvalue weighted by Gasteiger charge is -2.33. The van der Waals surface area contributed by atoms with E-state index in [0.29, 0.717) is 0 Å². The molecule has 1 radical (unpaired) electrons.